The van der Waals surface area contributed by atoms with E-state index in [4.69, 9.17) is 15.5 Å². The van der Waals surface area contributed by atoms with E-state index >= 15 is 0 Å². The number of allylic oxidation sites excluding steroid dienone is 2. The molecular weight excluding hydrogens is 438 g/mol. The minimum absolute atomic E-state index is 0.302. The standard InChI is InChI=1S/C25H29N7O.C2H6/c1-4-7-8-14-31-15-13-27-24(31)22-29-21(26)20-23(30-22)32(25(28-20)33-6-3)17-19-12-9-11-18(16-19)10-5-2;1-2/h4-5,9,11-13,15-16H,1-2,6-8,10,14,17H2,3H3,(H2,26,29,30);1-2H3. The molecule has 0 aliphatic carbocycles. The molecule has 0 bridgehead atoms. The van der Waals surface area contributed by atoms with Crippen LogP contribution in [0.4, 0.5) is 5.82 Å². The van der Waals surface area contributed by atoms with Gasteiger partial charge < -0.3 is 15.0 Å². The van der Waals surface area contributed by atoms with Crippen molar-refractivity contribution in [1.29, 1.82) is 0 Å². The maximum atomic E-state index is 6.33. The Morgan fingerprint density at radius 2 is 1.89 bits per heavy atom. The number of imidazole rings is 2. The quantitative estimate of drug-likeness (QED) is 0.230. The summed E-state index contributed by atoms with van der Waals surface area (Å²) < 4.78 is 9.81. The molecular formula is C27H35N7O. The molecule has 0 radical (unpaired) electrons. The summed E-state index contributed by atoms with van der Waals surface area (Å²) in [5.41, 5.74) is 9.78. The van der Waals surface area contributed by atoms with Crippen molar-refractivity contribution < 1.29 is 4.74 Å². The lowest BCUT2D eigenvalue weighted by Crippen LogP contribution is -2.08. The molecule has 0 amide bonds. The van der Waals surface area contributed by atoms with Gasteiger partial charge in [0.15, 0.2) is 28.6 Å². The molecule has 0 saturated heterocycles. The summed E-state index contributed by atoms with van der Waals surface area (Å²) in [4.78, 5) is 18.4. The van der Waals surface area contributed by atoms with Gasteiger partial charge in [-0.2, -0.15) is 4.98 Å². The molecule has 0 unspecified atom stereocenters. The third kappa shape index (κ3) is 5.95. The van der Waals surface area contributed by atoms with Crippen LogP contribution in [0.25, 0.3) is 22.8 Å². The van der Waals surface area contributed by atoms with Crippen molar-refractivity contribution in [2.24, 2.45) is 0 Å². The van der Waals surface area contributed by atoms with Gasteiger partial charge in [0, 0.05) is 18.9 Å². The zero-order valence-corrected chi connectivity index (χ0v) is 20.9. The highest BCUT2D eigenvalue weighted by Gasteiger charge is 2.20. The Kier molecular flexibility index (Phi) is 9.17. The van der Waals surface area contributed by atoms with E-state index in [0.29, 0.717) is 47.8 Å². The van der Waals surface area contributed by atoms with Gasteiger partial charge in [-0.3, -0.25) is 4.57 Å². The van der Waals surface area contributed by atoms with E-state index < -0.39 is 0 Å². The second kappa shape index (κ2) is 12.5. The Hall–Kier alpha value is -3.94. The Bertz CT molecular complexity index is 1270. The van der Waals surface area contributed by atoms with Crippen molar-refractivity contribution in [2.75, 3.05) is 12.3 Å². The number of nitrogens with two attached hydrogens (primary N) is 1. The van der Waals surface area contributed by atoms with Gasteiger partial charge in [-0.1, -0.05) is 50.3 Å². The molecule has 0 atom stereocenters. The second-order valence-electron chi connectivity index (χ2n) is 7.71. The van der Waals surface area contributed by atoms with Crippen molar-refractivity contribution in [3.8, 4) is 17.7 Å². The smallest absolute Gasteiger partial charge is 0.299 e. The maximum absolute atomic E-state index is 6.33. The summed E-state index contributed by atoms with van der Waals surface area (Å²) in [6.45, 7) is 15.4. The molecule has 4 aromatic rings. The number of aryl methyl sites for hydroxylation is 1. The first-order valence-electron chi connectivity index (χ1n) is 12.1. The van der Waals surface area contributed by atoms with Gasteiger partial charge in [0.25, 0.3) is 6.01 Å². The lowest BCUT2D eigenvalue weighted by molar-refractivity contribution is 0.301. The van der Waals surface area contributed by atoms with Crippen molar-refractivity contribution in [2.45, 2.75) is 53.1 Å². The predicted molar refractivity (Wildman–Crippen MR) is 142 cm³/mol. The number of anilines is 1. The predicted octanol–water partition coefficient (Wildman–Crippen LogP) is 5.44. The fourth-order valence-electron chi connectivity index (χ4n) is 3.79. The molecule has 3 heterocycles. The monoisotopic (exact) mass is 473 g/mol. The minimum Gasteiger partial charge on any atom is -0.465 e. The van der Waals surface area contributed by atoms with Gasteiger partial charge >= 0.3 is 0 Å². The van der Waals surface area contributed by atoms with E-state index in [1.165, 1.54) is 5.56 Å². The molecule has 0 aliphatic rings. The highest BCUT2D eigenvalue weighted by molar-refractivity contribution is 5.84. The number of benzene rings is 1. The fraction of sp³-hybridized carbons (Fsp3) is 0.333. The zero-order valence-electron chi connectivity index (χ0n) is 20.9. The number of rotatable bonds is 11. The molecule has 184 valence electrons. The molecule has 8 nitrogen and oxygen atoms in total. The van der Waals surface area contributed by atoms with E-state index in [0.717, 1.165) is 31.4 Å². The molecule has 0 spiro atoms. The summed E-state index contributed by atoms with van der Waals surface area (Å²) >= 11 is 0. The maximum Gasteiger partial charge on any atom is 0.299 e. The molecule has 0 aliphatic heterocycles. The molecule has 0 saturated carbocycles. The van der Waals surface area contributed by atoms with E-state index in [-0.39, 0.29) is 0 Å². The molecule has 0 fully saturated rings. The minimum atomic E-state index is 0.302. The van der Waals surface area contributed by atoms with Crippen molar-refractivity contribution in [3.05, 3.63) is 73.1 Å². The Labute approximate surface area is 207 Å². The van der Waals surface area contributed by atoms with Crippen LogP contribution in [-0.2, 0) is 19.5 Å². The second-order valence-corrected chi connectivity index (χ2v) is 7.71. The Morgan fingerprint density at radius 1 is 1.09 bits per heavy atom. The third-order valence-electron chi connectivity index (χ3n) is 5.29. The average Bonchev–Trinajstić information content (AvgIpc) is 3.47. The molecule has 1 aromatic carbocycles. The summed E-state index contributed by atoms with van der Waals surface area (Å²) in [5, 5.41) is 0. The molecule has 2 N–H and O–H groups in total. The number of hydrogen-bond acceptors (Lipinski definition) is 6. The highest BCUT2D eigenvalue weighted by atomic mass is 16.5. The highest BCUT2D eigenvalue weighted by Crippen LogP contribution is 2.27. The summed E-state index contributed by atoms with van der Waals surface area (Å²) in [5.74, 6) is 1.44. The molecule has 8 heteroatoms. The van der Waals surface area contributed by atoms with Crippen LogP contribution in [-0.4, -0.2) is 35.7 Å². The lowest BCUT2D eigenvalue weighted by Gasteiger charge is -2.11. The Morgan fingerprint density at radius 3 is 2.63 bits per heavy atom. The van der Waals surface area contributed by atoms with Crippen LogP contribution in [0.15, 0.2) is 62.0 Å². The van der Waals surface area contributed by atoms with Crippen LogP contribution < -0.4 is 10.5 Å². The fourth-order valence-corrected chi connectivity index (χ4v) is 3.79. The topological polar surface area (TPSA) is 96.7 Å². The van der Waals surface area contributed by atoms with Crippen LogP contribution in [0, 0.1) is 0 Å². The number of ether oxygens (including phenoxy) is 1. The van der Waals surface area contributed by atoms with Crippen LogP contribution in [0.1, 0.15) is 44.7 Å². The van der Waals surface area contributed by atoms with Crippen molar-refractivity contribution in [1.82, 2.24) is 29.1 Å². The SMILES string of the molecule is C=CCCCn1ccnc1-c1nc(N)c2nc(OCC)n(Cc3cccc(CC=C)c3)c2n1.CC. The number of fused-ring (bicyclic) bond motifs is 1. The van der Waals surface area contributed by atoms with Crippen molar-refractivity contribution in [3.63, 3.8) is 0 Å². The van der Waals surface area contributed by atoms with Crippen molar-refractivity contribution >= 4 is 17.0 Å². The van der Waals surface area contributed by atoms with Gasteiger partial charge in [0.2, 0.25) is 0 Å². The van der Waals surface area contributed by atoms with E-state index in [1.807, 2.05) is 54.3 Å². The van der Waals surface area contributed by atoms with Crippen LogP contribution in [0.5, 0.6) is 6.01 Å². The first-order valence-corrected chi connectivity index (χ1v) is 12.1. The third-order valence-corrected chi connectivity index (χ3v) is 5.29. The van der Waals surface area contributed by atoms with Crippen LogP contribution in [0.2, 0.25) is 0 Å². The first kappa shape index (κ1) is 25.7. The largest absolute Gasteiger partial charge is 0.465 e. The Balaban J connectivity index is 0.00000167. The number of unbranched alkanes of at least 4 members (excludes halogenated alkanes) is 1. The van der Waals surface area contributed by atoms with Gasteiger partial charge in [0.1, 0.15) is 0 Å². The van der Waals surface area contributed by atoms with Gasteiger partial charge in [0.05, 0.1) is 13.2 Å². The van der Waals surface area contributed by atoms with E-state index in [1.54, 1.807) is 6.20 Å². The number of nitrogen functional groups attached to an aromatic ring is 1. The normalized spacial score (nSPS) is 10.6. The summed E-state index contributed by atoms with van der Waals surface area (Å²) in [6.07, 6.45) is 10.2. The van der Waals surface area contributed by atoms with Gasteiger partial charge in [-0.05, 0) is 37.3 Å². The van der Waals surface area contributed by atoms with E-state index in [2.05, 4.69) is 46.3 Å². The zero-order chi connectivity index (χ0) is 25.2. The van der Waals surface area contributed by atoms with Gasteiger partial charge in [-0.25, -0.2) is 15.0 Å². The lowest BCUT2D eigenvalue weighted by atomic mass is 10.1. The number of nitrogens with zero attached hydrogens (tertiary/aromatic N) is 6. The molecule has 35 heavy (non-hydrogen) atoms. The summed E-state index contributed by atoms with van der Waals surface area (Å²) in [6, 6.07) is 8.83. The van der Waals surface area contributed by atoms with Crippen LogP contribution >= 0.6 is 0 Å². The van der Waals surface area contributed by atoms with Crippen LogP contribution in [0.3, 0.4) is 0 Å². The van der Waals surface area contributed by atoms with E-state index in [9.17, 15) is 0 Å². The van der Waals surface area contributed by atoms with Gasteiger partial charge in [-0.15, -0.1) is 13.2 Å². The number of hydrogen-bond donors (Lipinski definition) is 1. The first-order chi connectivity index (χ1) is 17.1. The summed E-state index contributed by atoms with van der Waals surface area (Å²) in [7, 11) is 0. The molecule has 4 rings (SSSR count). The number of aromatic nitrogens is 6. The average molecular weight is 474 g/mol. The molecule has 3 aromatic heterocycles.